The van der Waals surface area contributed by atoms with Gasteiger partial charge in [-0.25, -0.2) is 9.97 Å². The average molecular weight is 352 g/mol. The molecule has 2 aromatic rings. The van der Waals surface area contributed by atoms with E-state index in [9.17, 15) is 9.18 Å². The largest absolute Gasteiger partial charge is 0.373 e. The highest BCUT2D eigenvalue weighted by Crippen LogP contribution is 2.28. The van der Waals surface area contributed by atoms with E-state index in [1.165, 1.54) is 12.3 Å². The quantitative estimate of drug-likeness (QED) is 0.779. The smallest absolute Gasteiger partial charge is 0.272 e. The fraction of sp³-hybridized carbons (Fsp3) is 0.400. The Morgan fingerprint density at radius 2 is 2.29 bits per heavy atom. The molecule has 0 spiro atoms. The molecule has 0 amide bonds. The molecule has 9 heteroatoms. The number of pyridine rings is 1. The average Bonchev–Trinajstić information content (AvgIpc) is 3.01. The Morgan fingerprint density at radius 3 is 3.08 bits per heavy atom. The molecule has 0 bridgehead atoms. The van der Waals surface area contributed by atoms with Crippen molar-refractivity contribution in [3.63, 3.8) is 0 Å². The lowest BCUT2D eigenvalue weighted by molar-refractivity contribution is 0.0212. The highest BCUT2D eigenvalue weighted by molar-refractivity contribution is 6.32. The summed E-state index contributed by atoms with van der Waals surface area (Å²) in [6.07, 6.45) is 1.36. The van der Waals surface area contributed by atoms with Gasteiger partial charge in [0.25, 0.3) is 5.56 Å². The van der Waals surface area contributed by atoms with Gasteiger partial charge in [0.2, 0.25) is 5.95 Å². The van der Waals surface area contributed by atoms with Crippen molar-refractivity contribution in [2.45, 2.75) is 12.1 Å². The maximum absolute atomic E-state index is 13.3. The van der Waals surface area contributed by atoms with E-state index in [0.29, 0.717) is 31.1 Å². The zero-order valence-corrected chi connectivity index (χ0v) is 13.4. The van der Waals surface area contributed by atoms with Gasteiger partial charge in [-0.2, -0.15) is 4.39 Å². The van der Waals surface area contributed by atoms with Crippen LogP contribution in [0, 0.1) is 5.95 Å². The number of morpholine rings is 1. The van der Waals surface area contributed by atoms with Gasteiger partial charge in [-0.15, -0.1) is 0 Å². The minimum Gasteiger partial charge on any atom is -0.373 e. The second-order valence-electron chi connectivity index (χ2n) is 5.79. The van der Waals surface area contributed by atoms with Crippen LogP contribution in [0.2, 0.25) is 5.02 Å². The molecule has 2 N–H and O–H groups in total. The number of hydrogen-bond donors (Lipinski definition) is 2. The van der Waals surface area contributed by atoms with Crippen LogP contribution in [0.4, 0.5) is 10.2 Å². The van der Waals surface area contributed by atoms with Crippen molar-refractivity contribution in [3.05, 3.63) is 39.7 Å². The lowest BCUT2D eigenvalue weighted by atomic mass is 10.2. The predicted molar refractivity (Wildman–Crippen MR) is 86.8 cm³/mol. The van der Waals surface area contributed by atoms with E-state index >= 15 is 0 Å². The van der Waals surface area contributed by atoms with E-state index in [1.807, 2.05) is 4.90 Å². The first-order chi connectivity index (χ1) is 11.6. The summed E-state index contributed by atoms with van der Waals surface area (Å²) in [4.78, 5) is 24.6. The van der Waals surface area contributed by atoms with Crippen molar-refractivity contribution in [1.29, 1.82) is 0 Å². The van der Waals surface area contributed by atoms with Gasteiger partial charge in [0.15, 0.2) is 5.82 Å². The molecule has 2 unspecified atom stereocenters. The summed E-state index contributed by atoms with van der Waals surface area (Å²) in [6.45, 7) is 2.70. The Hall–Kier alpha value is -2.03. The van der Waals surface area contributed by atoms with Crippen molar-refractivity contribution in [1.82, 2.24) is 20.3 Å². The fourth-order valence-corrected chi connectivity index (χ4v) is 3.32. The maximum atomic E-state index is 13.3. The molecule has 24 heavy (non-hydrogen) atoms. The lowest BCUT2D eigenvalue weighted by Gasteiger charge is -2.25. The highest BCUT2D eigenvalue weighted by Gasteiger charge is 2.37. The SMILES string of the molecule is O=c1[nH]c(-c2ccnc(F)c2)nc(N2CC3NCCOC3C2)c1Cl. The molecule has 7 nitrogen and oxygen atoms in total. The van der Waals surface area contributed by atoms with Crippen LogP contribution in [0.5, 0.6) is 0 Å². The number of nitrogens with zero attached hydrogens (tertiary/aromatic N) is 3. The third-order valence-electron chi connectivity index (χ3n) is 4.25. The lowest BCUT2D eigenvalue weighted by Crippen LogP contribution is -2.47. The molecule has 4 rings (SSSR count). The summed E-state index contributed by atoms with van der Waals surface area (Å²) >= 11 is 6.17. The first-order valence-electron chi connectivity index (χ1n) is 7.63. The molecule has 2 fully saturated rings. The van der Waals surface area contributed by atoms with Crippen LogP contribution in [0.3, 0.4) is 0 Å². The molecule has 2 saturated heterocycles. The van der Waals surface area contributed by atoms with Crippen molar-refractivity contribution >= 4 is 17.4 Å². The Morgan fingerprint density at radius 1 is 1.42 bits per heavy atom. The number of rotatable bonds is 2. The van der Waals surface area contributed by atoms with E-state index < -0.39 is 11.5 Å². The van der Waals surface area contributed by atoms with Gasteiger partial charge < -0.3 is 19.9 Å². The summed E-state index contributed by atoms with van der Waals surface area (Å²) < 4.78 is 19.1. The van der Waals surface area contributed by atoms with Gasteiger partial charge in [-0.05, 0) is 6.07 Å². The van der Waals surface area contributed by atoms with Crippen molar-refractivity contribution < 1.29 is 9.13 Å². The Labute approximate surface area is 141 Å². The van der Waals surface area contributed by atoms with Crippen LogP contribution in [0.15, 0.2) is 23.1 Å². The number of aromatic nitrogens is 3. The monoisotopic (exact) mass is 351 g/mol. The number of hydrogen-bond acceptors (Lipinski definition) is 6. The fourth-order valence-electron chi connectivity index (χ4n) is 3.11. The van der Waals surface area contributed by atoms with E-state index in [-0.39, 0.29) is 23.0 Å². The maximum Gasteiger partial charge on any atom is 0.272 e. The standard InChI is InChI=1S/C15H15ClFN5O2/c16-12-14(22-6-9-10(7-22)24-4-3-18-9)20-13(21-15(12)23)8-1-2-19-11(17)5-8/h1-2,5,9-10,18H,3-4,6-7H2,(H,20,21,23). The summed E-state index contributed by atoms with van der Waals surface area (Å²) in [5.74, 6) is -0.00618. The second kappa shape index (κ2) is 6.12. The van der Waals surface area contributed by atoms with E-state index in [0.717, 1.165) is 6.54 Å². The molecular formula is C15H15ClFN5O2. The van der Waals surface area contributed by atoms with E-state index in [4.69, 9.17) is 16.3 Å². The topological polar surface area (TPSA) is 83.1 Å². The minimum atomic E-state index is -0.642. The Kier molecular flexibility index (Phi) is 3.95. The van der Waals surface area contributed by atoms with Crippen molar-refractivity contribution in [2.75, 3.05) is 31.1 Å². The first kappa shape index (κ1) is 15.5. The molecule has 0 radical (unpaired) electrons. The normalized spacial score (nSPS) is 23.3. The van der Waals surface area contributed by atoms with Crippen LogP contribution >= 0.6 is 11.6 Å². The van der Waals surface area contributed by atoms with Crippen LogP contribution < -0.4 is 15.8 Å². The number of H-pyrrole nitrogens is 1. The van der Waals surface area contributed by atoms with Crippen molar-refractivity contribution in [2.24, 2.45) is 0 Å². The van der Waals surface area contributed by atoms with Crippen LogP contribution in [-0.2, 0) is 4.74 Å². The van der Waals surface area contributed by atoms with Gasteiger partial charge in [-0.1, -0.05) is 11.6 Å². The van der Waals surface area contributed by atoms with E-state index in [2.05, 4.69) is 20.3 Å². The molecule has 0 aromatic carbocycles. The third-order valence-corrected chi connectivity index (χ3v) is 4.59. The van der Waals surface area contributed by atoms with Gasteiger partial charge in [0, 0.05) is 37.5 Å². The summed E-state index contributed by atoms with van der Waals surface area (Å²) in [5, 5.41) is 3.41. The number of nitrogens with one attached hydrogen (secondary N) is 2. The predicted octanol–water partition coefficient (Wildman–Crippen LogP) is 0.801. The molecule has 0 saturated carbocycles. The van der Waals surface area contributed by atoms with Crippen LogP contribution in [0.25, 0.3) is 11.4 Å². The Bertz CT molecular complexity index is 816. The van der Waals surface area contributed by atoms with Gasteiger partial charge in [-0.3, -0.25) is 4.79 Å². The van der Waals surface area contributed by atoms with Crippen LogP contribution in [0.1, 0.15) is 0 Å². The van der Waals surface area contributed by atoms with Gasteiger partial charge in [0.1, 0.15) is 10.8 Å². The number of aromatic amines is 1. The molecular weight excluding hydrogens is 337 g/mol. The molecule has 2 aliphatic rings. The zero-order valence-electron chi connectivity index (χ0n) is 12.6. The molecule has 2 aliphatic heterocycles. The molecule has 0 aliphatic carbocycles. The molecule has 2 atom stereocenters. The summed E-state index contributed by atoms with van der Waals surface area (Å²) in [6, 6.07) is 2.97. The zero-order chi connectivity index (χ0) is 16.7. The number of halogens is 2. The molecule has 2 aromatic heterocycles. The Balaban J connectivity index is 1.72. The summed E-state index contributed by atoms with van der Waals surface area (Å²) in [5.41, 5.74) is -0.0267. The highest BCUT2D eigenvalue weighted by atomic mass is 35.5. The second-order valence-corrected chi connectivity index (χ2v) is 6.17. The first-order valence-corrected chi connectivity index (χ1v) is 8.01. The van der Waals surface area contributed by atoms with Gasteiger partial charge >= 0.3 is 0 Å². The van der Waals surface area contributed by atoms with Crippen LogP contribution in [-0.4, -0.2) is 53.3 Å². The van der Waals surface area contributed by atoms with Gasteiger partial charge in [0.05, 0.1) is 18.8 Å². The number of fused-ring (bicyclic) bond motifs is 1. The minimum absolute atomic E-state index is 0.0203. The number of anilines is 1. The third kappa shape index (κ3) is 2.77. The molecule has 126 valence electrons. The van der Waals surface area contributed by atoms with E-state index in [1.54, 1.807) is 6.07 Å². The molecule has 4 heterocycles. The number of ether oxygens (including phenoxy) is 1. The summed E-state index contributed by atoms with van der Waals surface area (Å²) in [7, 11) is 0. The van der Waals surface area contributed by atoms with Crippen molar-refractivity contribution in [3.8, 4) is 11.4 Å².